The molecule has 1 aliphatic carbocycles. The van der Waals surface area contributed by atoms with E-state index in [1.165, 1.54) is 11.1 Å². The zero-order chi connectivity index (χ0) is 9.38. The fraction of sp³-hybridized carbons (Fsp3) is 0.167. The minimum atomic E-state index is 0.347. The molecule has 70 valence electrons. The predicted octanol–water partition coefficient (Wildman–Crippen LogP) is 2.43. The molecule has 2 heteroatoms. The Balaban J connectivity index is 2.15. The summed E-state index contributed by atoms with van der Waals surface area (Å²) in [5.74, 6) is 0.934. The van der Waals surface area contributed by atoms with Gasteiger partial charge in [-0.3, -0.25) is 0 Å². The van der Waals surface area contributed by atoms with Crippen LogP contribution < -0.4 is 0 Å². The summed E-state index contributed by atoms with van der Waals surface area (Å²) in [5.41, 5.74) is 3.64. The third-order valence-electron chi connectivity index (χ3n) is 2.51. The summed E-state index contributed by atoms with van der Waals surface area (Å²) in [7, 11) is 0. The first-order chi connectivity index (χ1) is 6.95. The van der Waals surface area contributed by atoms with Gasteiger partial charge >= 0.3 is 0 Å². The molecular weight excluding hydrogens is 176 g/mol. The molecule has 0 bridgehead atoms. The number of ether oxygens (including phenoxy) is 2. The lowest BCUT2D eigenvalue weighted by Crippen LogP contribution is -1.94. The van der Waals surface area contributed by atoms with Gasteiger partial charge in [-0.15, -0.1) is 0 Å². The molecule has 0 aromatic heterocycles. The lowest BCUT2D eigenvalue weighted by Gasteiger charge is -2.04. The Morgan fingerprint density at radius 3 is 3.07 bits per heavy atom. The van der Waals surface area contributed by atoms with E-state index in [4.69, 9.17) is 9.47 Å². The van der Waals surface area contributed by atoms with Gasteiger partial charge in [0.15, 0.2) is 6.79 Å². The van der Waals surface area contributed by atoms with Crippen molar-refractivity contribution in [2.45, 2.75) is 0 Å². The lowest BCUT2D eigenvalue weighted by atomic mass is 10.1. The molecule has 14 heavy (non-hydrogen) atoms. The number of hydrogen-bond donors (Lipinski definition) is 0. The molecule has 0 atom stereocenters. The minimum absolute atomic E-state index is 0.347. The highest BCUT2D eigenvalue weighted by Gasteiger charge is 2.20. The average Bonchev–Trinajstić information content (AvgIpc) is 2.42. The molecule has 0 saturated carbocycles. The van der Waals surface area contributed by atoms with Crippen molar-refractivity contribution in [3.63, 3.8) is 0 Å². The number of hydrogen-bond acceptors (Lipinski definition) is 2. The van der Waals surface area contributed by atoms with Gasteiger partial charge in [-0.2, -0.15) is 0 Å². The number of benzene rings is 1. The van der Waals surface area contributed by atoms with Crippen LogP contribution in [-0.4, -0.2) is 13.4 Å². The normalized spacial score (nSPS) is 18.6. The van der Waals surface area contributed by atoms with Crippen LogP contribution in [0.1, 0.15) is 11.1 Å². The van der Waals surface area contributed by atoms with Crippen LogP contribution >= 0.6 is 0 Å². The van der Waals surface area contributed by atoms with E-state index in [9.17, 15) is 0 Å². The van der Waals surface area contributed by atoms with Crippen molar-refractivity contribution in [1.29, 1.82) is 0 Å². The smallest absolute Gasteiger partial charge is 0.189 e. The molecule has 3 rings (SSSR count). The van der Waals surface area contributed by atoms with Gasteiger partial charge in [0.05, 0.1) is 6.61 Å². The number of fused-ring (bicyclic) bond motifs is 3. The number of rotatable bonds is 0. The first-order valence-electron chi connectivity index (χ1n) is 4.67. The van der Waals surface area contributed by atoms with Crippen LogP contribution in [0.5, 0.6) is 0 Å². The summed E-state index contributed by atoms with van der Waals surface area (Å²) < 4.78 is 10.7. The first kappa shape index (κ1) is 7.83. The molecule has 0 radical (unpaired) electrons. The molecule has 1 aromatic carbocycles. The second-order valence-corrected chi connectivity index (χ2v) is 3.35. The van der Waals surface area contributed by atoms with Gasteiger partial charge in [-0.05, 0) is 23.3 Å². The van der Waals surface area contributed by atoms with E-state index in [1.54, 1.807) is 0 Å². The van der Waals surface area contributed by atoms with Gasteiger partial charge in [0, 0.05) is 5.57 Å². The maximum Gasteiger partial charge on any atom is 0.189 e. The Bertz CT molecular complexity index is 430. The van der Waals surface area contributed by atoms with Crippen molar-refractivity contribution in [3.05, 3.63) is 47.2 Å². The largest absolute Gasteiger partial charge is 0.467 e. The topological polar surface area (TPSA) is 18.5 Å². The summed E-state index contributed by atoms with van der Waals surface area (Å²) in [6.07, 6.45) is 4.14. The third-order valence-corrected chi connectivity index (χ3v) is 2.51. The highest BCUT2D eigenvalue weighted by Crippen LogP contribution is 2.36. The summed E-state index contributed by atoms with van der Waals surface area (Å²) in [6, 6.07) is 8.29. The average molecular weight is 186 g/mol. The Morgan fingerprint density at radius 2 is 2.07 bits per heavy atom. The van der Waals surface area contributed by atoms with Crippen molar-refractivity contribution in [2.24, 2.45) is 0 Å². The quantitative estimate of drug-likeness (QED) is 0.619. The molecule has 1 aliphatic heterocycles. The molecular formula is C12H10O2. The van der Waals surface area contributed by atoms with Gasteiger partial charge in [-0.1, -0.05) is 24.3 Å². The van der Waals surface area contributed by atoms with E-state index in [-0.39, 0.29) is 0 Å². The molecule has 2 aliphatic rings. The maximum atomic E-state index is 5.48. The number of allylic oxidation sites excluding steroid dienone is 1. The molecule has 0 saturated heterocycles. The highest BCUT2D eigenvalue weighted by molar-refractivity contribution is 5.92. The molecule has 1 aromatic rings. The molecule has 2 nitrogen and oxygen atoms in total. The van der Waals surface area contributed by atoms with Gasteiger partial charge in [-0.25, -0.2) is 0 Å². The van der Waals surface area contributed by atoms with Gasteiger partial charge < -0.3 is 9.47 Å². The van der Waals surface area contributed by atoms with Crippen LogP contribution in [0.2, 0.25) is 0 Å². The van der Waals surface area contributed by atoms with Gasteiger partial charge in [0.25, 0.3) is 0 Å². The first-order valence-corrected chi connectivity index (χ1v) is 4.67. The van der Waals surface area contributed by atoms with E-state index < -0.39 is 0 Å². The van der Waals surface area contributed by atoms with Crippen molar-refractivity contribution >= 4 is 11.6 Å². The zero-order valence-electron chi connectivity index (χ0n) is 7.69. The van der Waals surface area contributed by atoms with Crippen LogP contribution in [0, 0.1) is 0 Å². The fourth-order valence-corrected chi connectivity index (χ4v) is 1.85. The van der Waals surface area contributed by atoms with Crippen LogP contribution in [0.15, 0.2) is 36.1 Å². The molecule has 0 N–H and O–H groups in total. The van der Waals surface area contributed by atoms with Crippen molar-refractivity contribution in [3.8, 4) is 0 Å². The molecule has 0 fully saturated rings. The Labute approximate surface area is 82.5 Å². The zero-order valence-corrected chi connectivity index (χ0v) is 7.69. The van der Waals surface area contributed by atoms with Crippen LogP contribution in [0.3, 0.4) is 0 Å². The second kappa shape index (κ2) is 3.00. The Morgan fingerprint density at radius 1 is 1.14 bits per heavy atom. The summed E-state index contributed by atoms with van der Waals surface area (Å²) in [4.78, 5) is 0. The molecule has 0 spiro atoms. The van der Waals surface area contributed by atoms with Crippen molar-refractivity contribution < 1.29 is 9.47 Å². The van der Waals surface area contributed by atoms with Gasteiger partial charge in [0.1, 0.15) is 5.76 Å². The monoisotopic (exact) mass is 186 g/mol. The maximum absolute atomic E-state index is 5.48. The summed E-state index contributed by atoms with van der Waals surface area (Å²) in [6.45, 7) is 0.973. The van der Waals surface area contributed by atoms with Crippen molar-refractivity contribution in [1.82, 2.24) is 0 Å². The third kappa shape index (κ3) is 1.08. The second-order valence-electron chi connectivity index (χ2n) is 3.35. The summed E-state index contributed by atoms with van der Waals surface area (Å²) in [5, 5.41) is 0. The van der Waals surface area contributed by atoms with Crippen molar-refractivity contribution in [2.75, 3.05) is 13.4 Å². The van der Waals surface area contributed by atoms with Crippen LogP contribution in [0.25, 0.3) is 11.6 Å². The highest BCUT2D eigenvalue weighted by atomic mass is 16.7. The van der Waals surface area contributed by atoms with Gasteiger partial charge in [0.2, 0.25) is 0 Å². The lowest BCUT2D eigenvalue weighted by molar-refractivity contribution is 0.000404. The van der Waals surface area contributed by atoms with E-state index >= 15 is 0 Å². The van der Waals surface area contributed by atoms with Crippen LogP contribution in [-0.2, 0) is 9.47 Å². The van der Waals surface area contributed by atoms with E-state index in [0.717, 1.165) is 11.3 Å². The predicted molar refractivity (Wildman–Crippen MR) is 54.3 cm³/mol. The van der Waals surface area contributed by atoms with E-state index in [2.05, 4.69) is 24.3 Å². The SMILES string of the molecule is C1=C2OCOCC=C2c2ccccc21. The minimum Gasteiger partial charge on any atom is -0.467 e. The molecule has 1 heterocycles. The molecule has 0 amide bonds. The summed E-state index contributed by atoms with van der Waals surface area (Å²) >= 11 is 0. The Kier molecular flexibility index (Phi) is 1.67. The standard InChI is InChI=1S/C12H10O2/c1-2-4-10-9(3-1)7-12-11(10)5-6-13-8-14-12/h1-5,7H,6,8H2. The fourth-order valence-electron chi connectivity index (χ4n) is 1.85. The van der Waals surface area contributed by atoms with Crippen LogP contribution in [0.4, 0.5) is 0 Å². The van der Waals surface area contributed by atoms with E-state index in [1.807, 2.05) is 12.1 Å². The Hall–Kier alpha value is -1.54. The van der Waals surface area contributed by atoms with E-state index in [0.29, 0.717) is 13.4 Å². The molecule has 0 unspecified atom stereocenters.